The van der Waals surface area contributed by atoms with Gasteiger partial charge in [0.15, 0.2) is 0 Å². The number of benzene rings is 2. The molecule has 1 heterocycles. The Bertz CT molecular complexity index is 1210. The Morgan fingerprint density at radius 1 is 0.925 bits per heavy atom. The van der Waals surface area contributed by atoms with Crippen molar-refractivity contribution in [1.29, 1.82) is 0 Å². The fourth-order valence-corrected chi connectivity index (χ4v) is 5.12. The van der Waals surface area contributed by atoms with E-state index in [1.807, 2.05) is 26.0 Å². The fourth-order valence-electron chi connectivity index (χ4n) is 5.12. The van der Waals surface area contributed by atoms with Crippen LogP contribution in [0.2, 0.25) is 0 Å². The summed E-state index contributed by atoms with van der Waals surface area (Å²) in [6.45, 7) is 6.81. The smallest absolute Gasteiger partial charge is 0.416 e. The van der Waals surface area contributed by atoms with Gasteiger partial charge in [-0.3, -0.25) is 9.80 Å². The van der Waals surface area contributed by atoms with E-state index >= 15 is 0 Å². The Labute approximate surface area is 228 Å². The van der Waals surface area contributed by atoms with E-state index in [1.54, 1.807) is 13.8 Å². The molecule has 0 radical (unpaired) electrons. The van der Waals surface area contributed by atoms with E-state index in [-0.39, 0.29) is 24.7 Å². The standard InChI is InChI=1S/C28H32F6N2O4/c1-6-18-12-22-23(9-16(4)36(26(38)40-8-3)24(22)13-19(18)7-2)35(25(37)39-5)15-17-10-20(27(29,30)31)14-21(11-17)28(32,33)34/h10-14,16,23H,6-9,15H2,1-5H3/t16-,23+/m1/s1. The van der Waals surface area contributed by atoms with Crippen LogP contribution in [0, 0.1) is 0 Å². The normalized spacial score (nSPS) is 17.3. The second-order valence-corrected chi connectivity index (χ2v) is 9.57. The predicted molar refractivity (Wildman–Crippen MR) is 136 cm³/mol. The molecule has 2 atom stereocenters. The number of anilines is 1. The number of alkyl halides is 6. The number of rotatable bonds is 6. The summed E-state index contributed by atoms with van der Waals surface area (Å²) in [5.41, 5.74) is -0.439. The summed E-state index contributed by atoms with van der Waals surface area (Å²) in [5, 5.41) is 0. The van der Waals surface area contributed by atoms with Crippen LogP contribution in [0.3, 0.4) is 0 Å². The highest BCUT2D eigenvalue weighted by atomic mass is 19.4. The number of hydrogen-bond donors (Lipinski definition) is 0. The Kier molecular flexibility index (Phi) is 9.31. The van der Waals surface area contributed by atoms with Crippen molar-refractivity contribution in [1.82, 2.24) is 4.90 Å². The highest BCUT2D eigenvalue weighted by Gasteiger charge is 2.41. The molecule has 0 aliphatic carbocycles. The summed E-state index contributed by atoms with van der Waals surface area (Å²) in [6.07, 6.45) is -10.2. The van der Waals surface area contributed by atoms with Crippen LogP contribution in [0.25, 0.3) is 0 Å². The quantitative estimate of drug-likeness (QED) is 0.329. The van der Waals surface area contributed by atoms with Crippen LogP contribution in [0.15, 0.2) is 30.3 Å². The second kappa shape index (κ2) is 12.0. The first-order valence-corrected chi connectivity index (χ1v) is 12.9. The average Bonchev–Trinajstić information content (AvgIpc) is 2.89. The molecule has 220 valence electrons. The molecule has 12 heteroatoms. The highest BCUT2D eigenvalue weighted by Crippen LogP contribution is 2.44. The Balaban J connectivity index is 2.20. The number of aryl methyl sites for hydroxylation is 2. The molecule has 0 saturated carbocycles. The Hall–Kier alpha value is -3.44. The summed E-state index contributed by atoms with van der Waals surface area (Å²) < 4.78 is 91.3. The van der Waals surface area contributed by atoms with Crippen LogP contribution >= 0.6 is 0 Å². The van der Waals surface area contributed by atoms with Gasteiger partial charge in [0.05, 0.1) is 36.6 Å². The van der Waals surface area contributed by atoms with Gasteiger partial charge in [0.2, 0.25) is 0 Å². The third kappa shape index (κ3) is 6.47. The molecule has 2 aromatic rings. The van der Waals surface area contributed by atoms with Crippen molar-refractivity contribution >= 4 is 17.9 Å². The first-order valence-electron chi connectivity index (χ1n) is 12.9. The second-order valence-electron chi connectivity index (χ2n) is 9.57. The molecule has 40 heavy (non-hydrogen) atoms. The van der Waals surface area contributed by atoms with E-state index in [2.05, 4.69) is 0 Å². The van der Waals surface area contributed by atoms with Crippen molar-refractivity contribution in [3.63, 3.8) is 0 Å². The molecule has 6 nitrogen and oxygen atoms in total. The topological polar surface area (TPSA) is 59.1 Å². The van der Waals surface area contributed by atoms with Gasteiger partial charge >= 0.3 is 24.5 Å². The minimum atomic E-state index is -5.04. The van der Waals surface area contributed by atoms with Gasteiger partial charge < -0.3 is 9.47 Å². The van der Waals surface area contributed by atoms with E-state index < -0.39 is 54.3 Å². The molecular formula is C28H32F6N2O4. The lowest BCUT2D eigenvalue weighted by Gasteiger charge is -2.43. The maximum atomic E-state index is 13.5. The van der Waals surface area contributed by atoms with Crippen LogP contribution in [0.4, 0.5) is 41.6 Å². The van der Waals surface area contributed by atoms with Gasteiger partial charge in [-0.25, -0.2) is 9.59 Å². The lowest BCUT2D eigenvalue weighted by molar-refractivity contribution is -0.143. The van der Waals surface area contributed by atoms with Crippen LogP contribution in [-0.4, -0.2) is 36.8 Å². The molecule has 1 aliphatic rings. The molecule has 2 aromatic carbocycles. The van der Waals surface area contributed by atoms with Crippen LogP contribution in [0.5, 0.6) is 0 Å². The number of ether oxygens (including phenoxy) is 2. The lowest BCUT2D eigenvalue weighted by Crippen LogP contribution is -2.47. The molecule has 0 N–H and O–H groups in total. The third-order valence-corrected chi connectivity index (χ3v) is 6.98. The summed E-state index contributed by atoms with van der Waals surface area (Å²) >= 11 is 0. The van der Waals surface area contributed by atoms with Crippen molar-refractivity contribution in [2.45, 2.75) is 77.9 Å². The molecule has 0 fully saturated rings. The molecule has 0 bridgehead atoms. The van der Waals surface area contributed by atoms with Gasteiger partial charge in [0.25, 0.3) is 0 Å². The van der Waals surface area contributed by atoms with Gasteiger partial charge in [0.1, 0.15) is 0 Å². The maximum absolute atomic E-state index is 13.5. The molecule has 2 amide bonds. The number of methoxy groups -OCH3 is 1. The number of carbonyl (C=O) groups excluding carboxylic acids is 2. The summed E-state index contributed by atoms with van der Waals surface area (Å²) in [7, 11) is 1.08. The predicted octanol–water partition coefficient (Wildman–Crippen LogP) is 7.91. The van der Waals surface area contributed by atoms with Gasteiger partial charge in [-0.2, -0.15) is 26.3 Å². The minimum Gasteiger partial charge on any atom is -0.453 e. The third-order valence-electron chi connectivity index (χ3n) is 6.98. The van der Waals surface area contributed by atoms with E-state index in [1.165, 1.54) is 4.90 Å². The number of fused-ring (bicyclic) bond motifs is 1. The van der Waals surface area contributed by atoms with E-state index in [9.17, 15) is 35.9 Å². The minimum absolute atomic E-state index is 0.0426. The molecule has 3 rings (SSSR count). The number of nitrogens with zero attached hydrogens (tertiary/aromatic N) is 2. The number of halogens is 6. The number of amides is 2. The zero-order chi connectivity index (χ0) is 30.0. The summed E-state index contributed by atoms with van der Waals surface area (Å²) in [4.78, 5) is 28.6. The van der Waals surface area contributed by atoms with Gasteiger partial charge in [-0.1, -0.05) is 19.9 Å². The van der Waals surface area contributed by atoms with Crippen LogP contribution < -0.4 is 4.90 Å². The van der Waals surface area contributed by atoms with E-state index in [0.29, 0.717) is 36.2 Å². The first kappa shape index (κ1) is 31.1. The Morgan fingerprint density at radius 3 is 1.95 bits per heavy atom. The van der Waals surface area contributed by atoms with Gasteiger partial charge in [0, 0.05) is 12.6 Å². The van der Waals surface area contributed by atoms with E-state index in [0.717, 1.165) is 23.1 Å². The molecule has 0 unspecified atom stereocenters. The molecule has 0 spiro atoms. The van der Waals surface area contributed by atoms with Gasteiger partial charge in [-0.05, 0) is 79.6 Å². The average molecular weight is 575 g/mol. The maximum Gasteiger partial charge on any atom is 0.416 e. The van der Waals surface area contributed by atoms with Crippen molar-refractivity contribution < 1.29 is 45.4 Å². The van der Waals surface area contributed by atoms with Gasteiger partial charge in [-0.15, -0.1) is 0 Å². The molecule has 1 aliphatic heterocycles. The Morgan fingerprint density at radius 2 is 1.48 bits per heavy atom. The van der Waals surface area contributed by atoms with Crippen LogP contribution in [0.1, 0.15) is 73.5 Å². The summed E-state index contributed by atoms with van der Waals surface area (Å²) in [5.74, 6) is 0. The van der Waals surface area contributed by atoms with Crippen LogP contribution in [-0.2, 0) is 41.2 Å². The monoisotopic (exact) mass is 574 g/mol. The SMILES string of the molecule is CCOC(=O)N1c2cc(CC)c(CC)cc2[C@@H](N(Cc2cc(C(F)(F)F)cc(C(F)(F)F)c2)C(=O)OC)C[C@H]1C. The summed E-state index contributed by atoms with van der Waals surface area (Å²) in [6, 6.07) is 3.56. The number of hydrogen-bond acceptors (Lipinski definition) is 4. The van der Waals surface area contributed by atoms with Crippen molar-refractivity contribution in [3.8, 4) is 0 Å². The zero-order valence-electron chi connectivity index (χ0n) is 22.9. The molecule has 0 aromatic heterocycles. The van der Waals surface area contributed by atoms with Crippen molar-refractivity contribution in [2.24, 2.45) is 0 Å². The molecule has 0 saturated heterocycles. The zero-order valence-corrected chi connectivity index (χ0v) is 22.9. The van der Waals surface area contributed by atoms with Crippen molar-refractivity contribution in [2.75, 3.05) is 18.6 Å². The lowest BCUT2D eigenvalue weighted by atomic mass is 9.86. The fraction of sp³-hybridized carbons (Fsp3) is 0.500. The molecular weight excluding hydrogens is 542 g/mol. The van der Waals surface area contributed by atoms with Crippen molar-refractivity contribution in [3.05, 3.63) is 63.7 Å². The highest BCUT2D eigenvalue weighted by molar-refractivity contribution is 5.91. The van der Waals surface area contributed by atoms with E-state index in [4.69, 9.17) is 9.47 Å². The first-order chi connectivity index (χ1) is 18.7. The number of carbonyl (C=O) groups is 2. The largest absolute Gasteiger partial charge is 0.453 e.